The van der Waals surface area contributed by atoms with Crippen LogP contribution in [0.3, 0.4) is 0 Å². The van der Waals surface area contributed by atoms with Crippen LogP contribution in [0.4, 0.5) is 0 Å². The number of aliphatic carboxylic acids is 1. The highest BCUT2D eigenvalue weighted by Gasteiger charge is 2.23. The van der Waals surface area contributed by atoms with E-state index in [1.807, 2.05) is 30.3 Å². The van der Waals surface area contributed by atoms with Crippen molar-refractivity contribution in [3.8, 4) is 0 Å². The van der Waals surface area contributed by atoms with Gasteiger partial charge in [0.2, 0.25) is 0 Å². The number of benzene rings is 1. The summed E-state index contributed by atoms with van der Waals surface area (Å²) in [6, 6.07) is 8.08. The standard InChI is InChI=1S/C14H14N2O4/c1-9-12(15-8-20-9)13(17)16-11(14(18)19)7-10-5-3-2-4-6-10/h2-6,8,11H,7H2,1H3,(H,16,17)(H,18,19). The molecule has 6 heteroatoms. The molecule has 6 nitrogen and oxygen atoms in total. The highest BCUT2D eigenvalue weighted by atomic mass is 16.4. The minimum absolute atomic E-state index is 0.101. The lowest BCUT2D eigenvalue weighted by atomic mass is 10.1. The van der Waals surface area contributed by atoms with Crippen molar-refractivity contribution in [3.05, 3.63) is 53.7 Å². The van der Waals surface area contributed by atoms with Gasteiger partial charge >= 0.3 is 5.97 Å². The molecule has 0 aliphatic heterocycles. The largest absolute Gasteiger partial charge is 0.480 e. The van der Waals surface area contributed by atoms with Crippen molar-refractivity contribution < 1.29 is 19.1 Å². The second kappa shape index (κ2) is 6.01. The second-order valence-corrected chi connectivity index (χ2v) is 4.31. The summed E-state index contributed by atoms with van der Waals surface area (Å²) in [4.78, 5) is 26.9. The van der Waals surface area contributed by atoms with Gasteiger partial charge < -0.3 is 14.8 Å². The summed E-state index contributed by atoms with van der Waals surface area (Å²) in [7, 11) is 0. The fraction of sp³-hybridized carbons (Fsp3) is 0.214. The van der Waals surface area contributed by atoms with Crippen LogP contribution in [0.5, 0.6) is 0 Å². The molecule has 104 valence electrons. The maximum absolute atomic E-state index is 11.9. The van der Waals surface area contributed by atoms with Crippen molar-refractivity contribution in [1.29, 1.82) is 0 Å². The third kappa shape index (κ3) is 3.23. The zero-order valence-electron chi connectivity index (χ0n) is 10.9. The number of aryl methyl sites for hydroxylation is 1. The quantitative estimate of drug-likeness (QED) is 0.860. The number of carboxylic acids is 1. The van der Waals surface area contributed by atoms with Crippen LogP contribution in [-0.2, 0) is 11.2 Å². The average molecular weight is 274 g/mol. The Bertz CT molecular complexity index is 607. The van der Waals surface area contributed by atoms with E-state index in [9.17, 15) is 14.7 Å². The summed E-state index contributed by atoms with van der Waals surface area (Å²) in [5.41, 5.74) is 0.932. The minimum atomic E-state index is -1.09. The smallest absolute Gasteiger partial charge is 0.326 e. The van der Waals surface area contributed by atoms with Crippen LogP contribution in [-0.4, -0.2) is 28.0 Å². The Hall–Kier alpha value is -2.63. The molecule has 1 heterocycles. The molecule has 2 rings (SSSR count). The van der Waals surface area contributed by atoms with Gasteiger partial charge in [-0.1, -0.05) is 30.3 Å². The molecule has 1 aromatic carbocycles. The van der Waals surface area contributed by atoms with Gasteiger partial charge in [0, 0.05) is 6.42 Å². The van der Waals surface area contributed by atoms with Gasteiger partial charge in [-0.3, -0.25) is 4.79 Å². The van der Waals surface area contributed by atoms with Crippen LogP contribution < -0.4 is 5.32 Å². The Morgan fingerprint density at radius 2 is 2.05 bits per heavy atom. The van der Waals surface area contributed by atoms with Crippen molar-refractivity contribution in [2.75, 3.05) is 0 Å². The number of rotatable bonds is 5. The van der Waals surface area contributed by atoms with E-state index >= 15 is 0 Å². The lowest BCUT2D eigenvalue weighted by Gasteiger charge is -2.13. The maximum Gasteiger partial charge on any atom is 0.326 e. The number of hydrogen-bond donors (Lipinski definition) is 2. The average Bonchev–Trinajstić information content (AvgIpc) is 2.85. The lowest BCUT2D eigenvalue weighted by molar-refractivity contribution is -0.139. The molecule has 1 unspecified atom stereocenters. The van der Waals surface area contributed by atoms with Crippen LogP contribution in [0.1, 0.15) is 21.8 Å². The molecule has 0 bridgehead atoms. The number of aromatic nitrogens is 1. The van der Waals surface area contributed by atoms with Crippen molar-refractivity contribution in [2.24, 2.45) is 0 Å². The molecule has 0 aliphatic carbocycles. The molecule has 0 radical (unpaired) electrons. The van der Waals surface area contributed by atoms with Gasteiger partial charge in [0.25, 0.3) is 5.91 Å². The summed E-state index contributed by atoms with van der Waals surface area (Å²) in [6.07, 6.45) is 1.36. The van der Waals surface area contributed by atoms with Crippen LogP contribution in [0.25, 0.3) is 0 Å². The third-order valence-corrected chi connectivity index (χ3v) is 2.85. The van der Waals surface area contributed by atoms with E-state index in [2.05, 4.69) is 10.3 Å². The fourth-order valence-corrected chi connectivity index (χ4v) is 1.80. The molecule has 1 amide bonds. The van der Waals surface area contributed by atoms with Gasteiger partial charge in [-0.2, -0.15) is 0 Å². The maximum atomic E-state index is 11.9. The van der Waals surface area contributed by atoms with Gasteiger partial charge in [-0.25, -0.2) is 9.78 Å². The molecule has 2 N–H and O–H groups in total. The molecule has 1 atom stereocenters. The number of carbonyl (C=O) groups excluding carboxylic acids is 1. The molecule has 2 aromatic rings. The van der Waals surface area contributed by atoms with E-state index in [0.717, 1.165) is 12.0 Å². The van der Waals surface area contributed by atoms with Gasteiger partial charge in [-0.05, 0) is 12.5 Å². The van der Waals surface area contributed by atoms with Crippen molar-refractivity contribution in [2.45, 2.75) is 19.4 Å². The monoisotopic (exact) mass is 274 g/mol. The minimum Gasteiger partial charge on any atom is -0.480 e. The van der Waals surface area contributed by atoms with Gasteiger partial charge in [0.05, 0.1) is 0 Å². The number of nitrogens with one attached hydrogen (secondary N) is 1. The van der Waals surface area contributed by atoms with Crippen LogP contribution in [0, 0.1) is 6.92 Å². The van der Waals surface area contributed by atoms with E-state index in [4.69, 9.17) is 4.42 Å². The summed E-state index contributed by atoms with van der Waals surface area (Å²) >= 11 is 0. The van der Waals surface area contributed by atoms with E-state index < -0.39 is 17.9 Å². The van der Waals surface area contributed by atoms with Crippen LogP contribution >= 0.6 is 0 Å². The SMILES string of the molecule is Cc1ocnc1C(=O)NC(Cc1ccccc1)C(=O)O. The third-order valence-electron chi connectivity index (χ3n) is 2.85. The first-order valence-electron chi connectivity index (χ1n) is 6.05. The highest BCUT2D eigenvalue weighted by molar-refractivity contribution is 5.95. The zero-order chi connectivity index (χ0) is 14.5. The number of amides is 1. The van der Waals surface area contributed by atoms with Gasteiger partial charge in [-0.15, -0.1) is 0 Å². The first-order chi connectivity index (χ1) is 9.58. The molecular formula is C14H14N2O4. The summed E-state index contributed by atoms with van der Waals surface area (Å²) in [5, 5.41) is 11.6. The Kier molecular flexibility index (Phi) is 4.14. The molecule has 20 heavy (non-hydrogen) atoms. The predicted molar refractivity (Wildman–Crippen MR) is 70.3 cm³/mol. The van der Waals surface area contributed by atoms with Crippen molar-refractivity contribution >= 4 is 11.9 Å². The molecule has 0 saturated heterocycles. The summed E-state index contributed by atoms with van der Waals surface area (Å²) in [6.45, 7) is 1.59. The van der Waals surface area contributed by atoms with Gasteiger partial charge in [0.1, 0.15) is 11.8 Å². The molecule has 0 aliphatic rings. The topological polar surface area (TPSA) is 92.4 Å². The summed E-state index contributed by atoms with van der Waals surface area (Å²) < 4.78 is 4.93. The molecule has 0 fully saturated rings. The fourth-order valence-electron chi connectivity index (χ4n) is 1.80. The zero-order valence-corrected chi connectivity index (χ0v) is 10.9. The number of carbonyl (C=O) groups is 2. The Labute approximate surface area is 115 Å². The molecular weight excluding hydrogens is 260 g/mol. The second-order valence-electron chi connectivity index (χ2n) is 4.31. The van der Waals surface area contributed by atoms with E-state index in [0.29, 0.717) is 5.76 Å². The number of nitrogens with zero attached hydrogens (tertiary/aromatic N) is 1. The first kappa shape index (κ1) is 13.8. The van der Waals surface area contributed by atoms with E-state index in [1.165, 1.54) is 0 Å². The van der Waals surface area contributed by atoms with Gasteiger partial charge in [0.15, 0.2) is 12.1 Å². The molecule has 0 saturated carbocycles. The van der Waals surface area contributed by atoms with E-state index in [-0.39, 0.29) is 12.1 Å². The highest BCUT2D eigenvalue weighted by Crippen LogP contribution is 2.07. The number of carboxylic acid groups (broad SMARTS) is 1. The van der Waals surface area contributed by atoms with Crippen LogP contribution in [0.2, 0.25) is 0 Å². The predicted octanol–water partition coefficient (Wildman–Crippen LogP) is 1.41. The van der Waals surface area contributed by atoms with Crippen molar-refractivity contribution in [1.82, 2.24) is 10.3 Å². The molecule has 0 spiro atoms. The lowest BCUT2D eigenvalue weighted by Crippen LogP contribution is -2.42. The Morgan fingerprint density at radius 1 is 1.35 bits per heavy atom. The Morgan fingerprint density at radius 3 is 2.60 bits per heavy atom. The Balaban J connectivity index is 2.09. The first-order valence-corrected chi connectivity index (χ1v) is 6.05. The number of hydrogen-bond acceptors (Lipinski definition) is 4. The normalized spacial score (nSPS) is 11.8. The van der Waals surface area contributed by atoms with Crippen molar-refractivity contribution in [3.63, 3.8) is 0 Å². The van der Waals surface area contributed by atoms with E-state index in [1.54, 1.807) is 6.92 Å². The summed E-state index contributed by atoms with van der Waals surface area (Å²) in [5.74, 6) is -1.30. The number of oxazole rings is 1. The molecule has 1 aromatic heterocycles. The van der Waals surface area contributed by atoms with Crippen LogP contribution in [0.15, 0.2) is 41.1 Å².